The molecule has 0 saturated carbocycles. The number of esters is 1. The van der Waals surface area contributed by atoms with E-state index in [4.69, 9.17) is 16.3 Å². The first kappa shape index (κ1) is 14.7. The van der Waals surface area contributed by atoms with E-state index in [1.807, 2.05) is 0 Å². The third kappa shape index (κ3) is 2.73. The lowest BCUT2D eigenvalue weighted by molar-refractivity contribution is -0.153. The van der Waals surface area contributed by atoms with Crippen molar-refractivity contribution in [3.8, 4) is 5.75 Å². The summed E-state index contributed by atoms with van der Waals surface area (Å²) >= 11 is 5.82. The fourth-order valence-electron chi connectivity index (χ4n) is 1.59. The first-order valence-corrected chi connectivity index (χ1v) is 5.69. The van der Waals surface area contributed by atoms with Crippen LogP contribution in [0.25, 0.3) is 0 Å². The fraction of sp³-hybridized carbons (Fsp3) is 0.417. The van der Waals surface area contributed by atoms with E-state index in [0.717, 1.165) is 6.07 Å². The van der Waals surface area contributed by atoms with Crippen molar-refractivity contribution in [1.82, 2.24) is 0 Å². The van der Waals surface area contributed by atoms with Crippen LogP contribution in [-0.2, 0) is 9.53 Å². The van der Waals surface area contributed by atoms with Gasteiger partial charge in [-0.2, -0.15) is 0 Å². The largest absolute Gasteiger partial charge is 0.493 e. The van der Waals surface area contributed by atoms with Gasteiger partial charge in [-0.15, -0.1) is 0 Å². The summed E-state index contributed by atoms with van der Waals surface area (Å²) in [6.07, 6.45) is -1.63. The second kappa shape index (κ2) is 6.02. The van der Waals surface area contributed by atoms with Crippen molar-refractivity contribution in [2.75, 3.05) is 13.7 Å². The second-order valence-corrected chi connectivity index (χ2v) is 3.97. The van der Waals surface area contributed by atoms with E-state index in [9.17, 15) is 14.3 Å². The summed E-state index contributed by atoms with van der Waals surface area (Å²) in [7, 11) is 1.24. The molecule has 1 aromatic carbocycles. The van der Waals surface area contributed by atoms with Gasteiger partial charge in [-0.05, 0) is 25.5 Å². The maximum Gasteiger partial charge on any atom is 0.339 e. The third-order valence-corrected chi connectivity index (χ3v) is 2.86. The number of ether oxygens (including phenoxy) is 2. The Balaban J connectivity index is 3.33. The molecule has 1 N–H and O–H groups in total. The lowest BCUT2D eigenvalue weighted by Gasteiger charge is -2.17. The Hall–Kier alpha value is -1.33. The second-order valence-electron chi connectivity index (χ2n) is 3.57. The predicted octanol–water partition coefficient (Wildman–Crippen LogP) is 2.39. The molecule has 1 aromatic rings. The fourth-order valence-corrected chi connectivity index (χ4v) is 1.79. The standard InChI is InChI=1S/C12H14ClFO4/c1-4-18-12(16)10(15)9-6(2)7(13)5-8(14)11(9)17-3/h5,10,15H,4H2,1-3H3. The van der Waals surface area contributed by atoms with E-state index >= 15 is 0 Å². The van der Waals surface area contributed by atoms with Crippen LogP contribution in [0, 0.1) is 12.7 Å². The van der Waals surface area contributed by atoms with E-state index < -0.39 is 17.9 Å². The van der Waals surface area contributed by atoms with Gasteiger partial charge in [0.1, 0.15) is 0 Å². The zero-order valence-electron chi connectivity index (χ0n) is 10.3. The summed E-state index contributed by atoms with van der Waals surface area (Å²) in [4.78, 5) is 11.5. The van der Waals surface area contributed by atoms with Crippen LogP contribution in [0.15, 0.2) is 6.07 Å². The number of aliphatic hydroxyl groups is 1. The molecule has 4 nitrogen and oxygen atoms in total. The molecule has 0 heterocycles. The number of carbonyl (C=O) groups is 1. The van der Waals surface area contributed by atoms with E-state index in [0.29, 0.717) is 5.56 Å². The molecule has 0 spiro atoms. The van der Waals surface area contributed by atoms with Gasteiger partial charge in [0.2, 0.25) is 0 Å². The van der Waals surface area contributed by atoms with Crippen LogP contribution in [0.5, 0.6) is 5.75 Å². The van der Waals surface area contributed by atoms with Crippen LogP contribution < -0.4 is 4.74 Å². The van der Waals surface area contributed by atoms with Gasteiger partial charge in [-0.25, -0.2) is 9.18 Å². The number of hydrogen-bond acceptors (Lipinski definition) is 4. The van der Waals surface area contributed by atoms with Gasteiger partial charge >= 0.3 is 5.97 Å². The number of aliphatic hydroxyl groups excluding tert-OH is 1. The summed E-state index contributed by atoms with van der Waals surface area (Å²) in [6, 6.07) is 1.07. The van der Waals surface area contributed by atoms with Gasteiger partial charge in [-0.1, -0.05) is 11.6 Å². The van der Waals surface area contributed by atoms with E-state index in [1.165, 1.54) is 7.11 Å². The maximum absolute atomic E-state index is 13.6. The molecule has 1 rings (SSSR count). The minimum absolute atomic E-state index is 0.0130. The number of halogens is 2. The van der Waals surface area contributed by atoms with Crippen molar-refractivity contribution in [2.45, 2.75) is 20.0 Å². The van der Waals surface area contributed by atoms with Crippen molar-refractivity contribution in [3.05, 3.63) is 28.0 Å². The summed E-state index contributed by atoms with van der Waals surface area (Å²) in [5.41, 5.74) is 0.358. The Labute approximate surface area is 109 Å². The van der Waals surface area contributed by atoms with Crippen LogP contribution >= 0.6 is 11.6 Å². The highest BCUT2D eigenvalue weighted by atomic mass is 35.5. The normalized spacial score (nSPS) is 12.1. The van der Waals surface area contributed by atoms with Gasteiger partial charge in [-0.3, -0.25) is 0 Å². The lowest BCUT2D eigenvalue weighted by atomic mass is 10.0. The molecule has 0 amide bonds. The molecule has 0 saturated heterocycles. The average Bonchev–Trinajstić information content (AvgIpc) is 2.32. The Morgan fingerprint density at radius 1 is 1.61 bits per heavy atom. The topological polar surface area (TPSA) is 55.8 Å². The minimum Gasteiger partial charge on any atom is -0.493 e. The van der Waals surface area contributed by atoms with Gasteiger partial charge in [0.05, 0.1) is 13.7 Å². The smallest absolute Gasteiger partial charge is 0.339 e. The summed E-state index contributed by atoms with van der Waals surface area (Å²) < 4.78 is 23.2. The number of carbonyl (C=O) groups excluding carboxylic acids is 1. The average molecular weight is 277 g/mol. The first-order valence-electron chi connectivity index (χ1n) is 5.31. The van der Waals surface area contributed by atoms with Crippen LogP contribution in [-0.4, -0.2) is 24.8 Å². The summed E-state index contributed by atoms with van der Waals surface area (Å²) in [5, 5.41) is 9.99. The van der Waals surface area contributed by atoms with E-state index in [1.54, 1.807) is 13.8 Å². The monoisotopic (exact) mass is 276 g/mol. The van der Waals surface area contributed by atoms with Gasteiger partial charge in [0.15, 0.2) is 17.7 Å². The maximum atomic E-state index is 13.6. The van der Waals surface area contributed by atoms with Crippen molar-refractivity contribution in [1.29, 1.82) is 0 Å². The summed E-state index contributed by atoms with van der Waals surface area (Å²) in [6.45, 7) is 3.27. The molecule has 1 unspecified atom stereocenters. The van der Waals surface area contributed by atoms with Crippen LogP contribution in [0.3, 0.4) is 0 Å². The molecule has 0 aliphatic heterocycles. The zero-order valence-corrected chi connectivity index (χ0v) is 11.0. The molecule has 0 aromatic heterocycles. The zero-order chi connectivity index (χ0) is 13.9. The number of methoxy groups -OCH3 is 1. The van der Waals surface area contributed by atoms with Crippen LogP contribution in [0.1, 0.15) is 24.2 Å². The van der Waals surface area contributed by atoms with Crippen LogP contribution in [0.2, 0.25) is 5.02 Å². The van der Waals surface area contributed by atoms with E-state index in [-0.39, 0.29) is 22.9 Å². The Morgan fingerprint density at radius 2 is 2.22 bits per heavy atom. The molecule has 0 bridgehead atoms. The Kier molecular flexibility index (Phi) is 4.93. The number of rotatable bonds is 4. The molecule has 0 aliphatic rings. The quantitative estimate of drug-likeness (QED) is 0.858. The highest BCUT2D eigenvalue weighted by Gasteiger charge is 2.28. The first-order chi connectivity index (χ1) is 8.43. The molecule has 6 heteroatoms. The number of benzene rings is 1. The molecular formula is C12H14ClFO4. The van der Waals surface area contributed by atoms with Crippen molar-refractivity contribution >= 4 is 17.6 Å². The molecule has 0 radical (unpaired) electrons. The SMILES string of the molecule is CCOC(=O)C(O)c1c(C)c(Cl)cc(F)c1OC. The van der Waals surface area contributed by atoms with Gasteiger partial charge in [0, 0.05) is 10.6 Å². The highest BCUT2D eigenvalue weighted by Crippen LogP contribution is 2.36. The minimum atomic E-state index is -1.63. The Morgan fingerprint density at radius 3 is 2.72 bits per heavy atom. The number of hydrogen-bond donors (Lipinski definition) is 1. The predicted molar refractivity (Wildman–Crippen MR) is 64.3 cm³/mol. The highest BCUT2D eigenvalue weighted by molar-refractivity contribution is 6.31. The lowest BCUT2D eigenvalue weighted by Crippen LogP contribution is -2.18. The summed E-state index contributed by atoms with van der Waals surface area (Å²) in [5.74, 6) is -1.83. The van der Waals surface area contributed by atoms with Gasteiger partial charge in [0.25, 0.3) is 0 Å². The third-order valence-electron chi connectivity index (χ3n) is 2.46. The molecule has 0 fully saturated rings. The molecule has 1 atom stereocenters. The van der Waals surface area contributed by atoms with E-state index in [2.05, 4.69) is 4.74 Å². The van der Waals surface area contributed by atoms with Crippen molar-refractivity contribution < 1.29 is 23.8 Å². The Bertz CT molecular complexity index is 462. The van der Waals surface area contributed by atoms with Crippen molar-refractivity contribution in [3.63, 3.8) is 0 Å². The molecular weight excluding hydrogens is 263 g/mol. The molecule has 0 aliphatic carbocycles. The molecule has 100 valence electrons. The van der Waals surface area contributed by atoms with Gasteiger partial charge < -0.3 is 14.6 Å². The molecule has 18 heavy (non-hydrogen) atoms. The van der Waals surface area contributed by atoms with Crippen LogP contribution in [0.4, 0.5) is 4.39 Å². The van der Waals surface area contributed by atoms with Crippen molar-refractivity contribution in [2.24, 2.45) is 0 Å².